The van der Waals surface area contributed by atoms with Crippen LogP contribution >= 0.6 is 11.3 Å². The number of nitrogens with one attached hydrogen (secondary N) is 3. The highest BCUT2D eigenvalue weighted by molar-refractivity contribution is 7.14. The lowest BCUT2D eigenvalue weighted by atomic mass is 10.1. The van der Waals surface area contributed by atoms with Crippen LogP contribution in [0.25, 0.3) is 0 Å². The van der Waals surface area contributed by atoms with Crippen LogP contribution in [0.1, 0.15) is 33.2 Å². The van der Waals surface area contributed by atoms with Crippen molar-refractivity contribution >= 4 is 28.2 Å². The number of rotatable bonds is 10. The smallest absolute Gasteiger partial charge is 0.256 e. The van der Waals surface area contributed by atoms with Gasteiger partial charge in [0.1, 0.15) is 5.00 Å². The van der Waals surface area contributed by atoms with Crippen molar-refractivity contribution < 1.29 is 14.3 Å². The van der Waals surface area contributed by atoms with Crippen LogP contribution in [0.15, 0.2) is 35.7 Å². The molecule has 7 heteroatoms. The Kier molecular flexibility index (Phi) is 8.27. The van der Waals surface area contributed by atoms with Gasteiger partial charge in [-0.25, -0.2) is 0 Å². The molecule has 0 bridgehead atoms. The monoisotopic (exact) mass is 375 g/mol. The molecule has 3 N–H and O–H groups in total. The van der Waals surface area contributed by atoms with Crippen molar-refractivity contribution in [3.8, 4) is 0 Å². The highest BCUT2D eigenvalue weighted by Gasteiger charge is 2.15. The first-order valence-electron chi connectivity index (χ1n) is 8.61. The topological polar surface area (TPSA) is 79.5 Å². The number of hydrogen-bond donors (Lipinski definition) is 3. The Morgan fingerprint density at radius 2 is 1.81 bits per heavy atom. The largest absolute Gasteiger partial charge is 0.383 e. The predicted octanol–water partition coefficient (Wildman–Crippen LogP) is 2.53. The number of amides is 2. The Hall–Kier alpha value is -2.22. The summed E-state index contributed by atoms with van der Waals surface area (Å²) in [6.07, 6.45) is 0.928. The van der Waals surface area contributed by atoms with Crippen LogP contribution in [-0.4, -0.2) is 45.2 Å². The van der Waals surface area contributed by atoms with Crippen LogP contribution < -0.4 is 16.0 Å². The SMILES string of the molecule is CCc1ccc(C(=O)Nc2sccc2C(=O)NCCNCCOC)cc1. The van der Waals surface area contributed by atoms with Crippen molar-refractivity contribution in [2.45, 2.75) is 13.3 Å². The molecule has 0 radical (unpaired) electrons. The maximum absolute atomic E-state index is 12.4. The molecule has 0 atom stereocenters. The molecule has 0 fully saturated rings. The molecule has 2 amide bonds. The lowest BCUT2D eigenvalue weighted by Crippen LogP contribution is -2.33. The van der Waals surface area contributed by atoms with E-state index in [-0.39, 0.29) is 11.8 Å². The first-order valence-corrected chi connectivity index (χ1v) is 9.49. The van der Waals surface area contributed by atoms with Gasteiger partial charge in [0.25, 0.3) is 11.8 Å². The van der Waals surface area contributed by atoms with E-state index in [1.165, 1.54) is 16.9 Å². The highest BCUT2D eigenvalue weighted by Crippen LogP contribution is 2.24. The van der Waals surface area contributed by atoms with Gasteiger partial charge in [0.2, 0.25) is 0 Å². The van der Waals surface area contributed by atoms with Crippen LogP contribution in [0.2, 0.25) is 0 Å². The van der Waals surface area contributed by atoms with E-state index in [1.807, 2.05) is 12.1 Å². The third kappa shape index (κ3) is 5.94. The molecular formula is C19H25N3O3S. The molecule has 0 aliphatic carbocycles. The lowest BCUT2D eigenvalue weighted by molar-refractivity contribution is 0.0955. The molecule has 0 aliphatic heterocycles. The maximum Gasteiger partial charge on any atom is 0.256 e. The Morgan fingerprint density at radius 3 is 2.50 bits per heavy atom. The second kappa shape index (κ2) is 10.7. The second-order valence-electron chi connectivity index (χ2n) is 5.67. The molecule has 1 aromatic heterocycles. The van der Waals surface area contributed by atoms with E-state index in [4.69, 9.17) is 4.74 Å². The molecule has 0 saturated heterocycles. The van der Waals surface area contributed by atoms with Crippen molar-refractivity contribution in [2.24, 2.45) is 0 Å². The van der Waals surface area contributed by atoms with Gasteiger partial charge >= 0.3 is 0 Å². The maximum atomic E-state index is 12.4. The van der Waals surface area contributed by atoms with Gasteiger partial charge in [-0.2, -0.15) is 0 Å². The summed E-state index contributed by atoms with van der Waals surface area (Å²) in [6, 6.07) is 9.19. The predicted molar refractivity (Wildman–Crippen MR) is 105 cm³/mol. The van der Waals surface area contributed by atoms with Crippen molar-refractivity contribution in [1.29, 1.82) is 0 Å². The number of aryl methyl sites for hydroxylation is 1. The quantitative estimate of drug-likeness (QED) is 0.558. The molecular weight excluding hydrogens is 350 g/mol. The molecule has 0 saturated carbocycles. The van der Waals surface area contributed by atoms with E-state index in [1.54, 1.807) is 30.7 Å². The summed E-state index contributed by atoms with van der Waals surface area (Å²) in [5.41, 5.74) is 2.23. The Balaban J connectivity index is 1.88. The first kappa shape index (κ1) is 20.1. The zero-order valence-electron chi connectivity index (χ0n) is 15.1. The van der Waals surface area contributed by atoms with Crippen molar-refractivity contribution in [2.75, 3.05) is 38.7 Å². The summed E-state index contributed by atoms with van der Waals surface area (Å²) in [7, 11) is 1.65. The second-order valence-corrected chi connectivity index (χ2v) is 6.58. The minimum Gasteiger partial charge on any atom is -0.383 e. The first-order chi connectivity index (χ1) is 12.7. The molecule has 2 aromatic rings. The van der Waals surface area contributed by atoms with Gasteiger partial charge in [-0.3, -0.25) is 9.59 Å². The summed E-state index contributed by atoms with van der Waals surface area (Å²) >= 11 is 1.33. The van der Waals surface area contributed by atoms with Gasteiger partial charge in [0.05, 0.1) is 12.2 Å². The normalized spacial score (nSPS) is 10.5. The van der Waals surface area contributed by atoms with Gasteiger partial charge in [-0.05, 0) is 35.6 Å². The zero-order chi connectivity index (χ0) is 18.8. The molecule has 1 heterocycles. The van der Waals surface area contributed by atoms with Gasteiger partial charge in [0.15, 0.2) is 0 Å². The van der Waals surface area contributed by atoms with Crippen LogP contribution in [0.4, 0.5) is 5.00 Å². The Bertz CT molecular complexity index is 713. The summed E-state index contributed by atoms with van der Waals surface area (Å²) in [5.74, 6) is -0.415. The molecule has 0 aliphatic rings. The van der Waals surface area contributed by atoms with E-state index >= 15 is 0 Å². The van der Waals surface area contributed by atoms with E-state index in [0.717, 1.165) is 13.0 Å². The number of carbonyl (C=O) groups is 2. The average molecular weight is 375 g/mol. The molecule has 0 spiro atoms. The van der Waals surface area contributed by atoms with E-state index in [2.05, 4.69) is 22.9 Å². The number of carbonyl (C=O) groups excluding carboxylic acids is 2. The summed E-state index contributed by atoms with van der Waals surface area (Å²) in [6.45, 7) is 4.60. The lowest BCUT2D eigenvalue weighted by Gasteiger charge is -2.09. The number of ether oxygens (including phenoxy) is 1. The van der Waals surface area contributed by atoms with Crippen LogP contribution in [0.3, 0.4) is 0 Å². The van der Waals surface area contributed by atoms with Crippen LogP contribution in [0, 0.1) is 0 Å². The standard InChI is InChI=1S/C19H25N3O3S/c1-3-14-4-6-15(7-5-14)17(23)22-19-16(8-13-26-19)18(24)21-10-9-20-11-12-25-2/h4-8,13,20H,3,9-12H2,1-2H3,(H,21,24)(H,22,23). The molecule has 6 nitrogen and oxygen atoms in total. The van der Waals surface area contributed by atoms with Gasteiger partial charge in [-0.15, -0.1) is 11.3 Å². The van der Waals surface area contributed by atoms with Crippen LogP contribution in [-0.2, 0) is 11.2 Å². The number of anilines is 1. The summed E-state index contributed by atoms with van der Waals surface area (Å²) in [4.78, 5) is 24.7. The fourth-order valence-electron chi connectivity index (χ4n) is 2.31. The highest BCUT2D eigenvalue weighted by atomic mass is 32.1. The molecule has 140 valence electrons. The fourth-order valence-corrected chi connectivity index (χ4v) is 3.09. The number of methoxy groups -OCH3 is 1. The van der Waals surface area contributed by atoms with Gasteiger partial charge in [-0.1, -0.05) is 19.1 Å². The minimum atomic E-state index is -0.217. The number of thiophene rings is 1. The number of benzene rings is 1. The van der Waals surface area contributed by atoms with Crippen LogP contribution in [0.5, 0.6) is 0 Å². The van der Waals surface area contributed by atoms with E-state index < -0.39 is 0 Å². The van der Waals surface area contributed by atoms with Crippen molar-refractivity contribution in [1.82, 2.24) is 10.6 Å². The minimum absolute atomic E-state index is 0.198. The summed E-state index contributed by atoms with van der Waals surface area (Å²) in [5, 5.41) is 11.2. The molecule has 1 aromatic carbocycles. The summed E-state index contributed by atoms with van der Waals surface area (Å²) < 4.78 is 4.94. The zero-order valence-corrected chi connectivity index (χ0v) is 15.9. The molecule has 2 rings (SSSR count). The van der Waals surface area contributed by atoms with Gasteiger partial charge in [0, 0.05) is 32.3 Å². The third-order valence-corrected chi connectivity index (χ3v) is 4.66. The Morgan fingerprint density at radius 1 is 1.04 bits per heavy atom. The van der Waals surface area contributed by atoms with Gasteiger partial charge < -0.3 is 20.7 Å². The Labute approximate surface area is 157 Å². The molecule has 26 heavy (non-hydrogen) atoms. The van der Waals surface area contributed by atoms with E-state index in [9.17, 15) is 9.59 Å². The van der Waals surface area contributed by atoms with Crippen molar-refractivity contribution in [3.63, 3.8) is 0 Å². The number of hydrogen-bond acceptors (Lipinski definition) is 5. The molecule has 0 unspecified atom stereocenters. The third-order valence-electron chi connectivity index (χ3n) is 3.83. The van der Waals surface area contributed by atoms with E-state index in [0.29, 0.717) is 35.8 Å². The average Bonchev–Trinajstić information content (AvgIpc) is 3.12. The van der Waals surface area contributed by atoms with Crippen molar-refractivity contribution in [3.05, 3.63) is 52.4 Å². The fraction of sp³-hybridized carbons (Fsp3) is 0.368.